The smallest absolute Gasteiger partial charge is 0.417 e. The van der Waals surface area contributed by atoms with Gasteiger partial charge in [0.2, 0.25) is 0 Å². The first-order chi connectivity index (χ1) is 9.06. The minimum Gasteiger partial charge on any atom is -0.480 e. The molecule has 19 heavy (non-hydrogen) atoms. The predicted molar refractivity (Wildman–Crippen MR) is 69.1 cm³/mol. The van der Waals surface area contributed by atoms with Crippen LogP contribution in [0.5, 0.6) is 0 Å². The van der Waals surface area contributed by atoms with Crippen LogP contribution in [0, 0.1) is 0 Å². The SMILES string of the molecule is CNC(C(=O)O)C(NC)c1ccc2[nH]c(=O)oc2c1. The van der Waals surface area contributed by atoms with E-state index < -0.39 is 23.8 Å². The van der Waals surface area contributed by atoms with Gasteiger partial charge in [-0.3, -0.25) is 9.78 Å². The summed E-state index contributed by atoms with van der Waals surface area (Å²) in [4.78, 5) is 24.8. The zero-order valence-electron chi connectivity index (χ0n) is 10.6. The van der Waals surface area contributed by atoms with Gasteiger partial charge >= 0.3 is 11.7 Å². The fourth-order valence-electron chi connectivity index (χ4n) is 2.11. The Labute approximate surface area is 108 Å². The van der Waals surface area contributed by atoms with E-state index in [0.717, 1.165) is 5.56 Å². The Morgan fingerprint density at radius 3 is 2.68 bits per heavy atom. The van der Waals surface area contributed by atoms with Gasteiger partial charge in [0, 0.05) is 0 Å². The molecule has 7 nitrogen and oxygen atoms in total. The number of aromatic amines is 1. The summed E-state index contributed by atoms with van der Waals surface area (Å²) < 4.78 is 4.97. The Kier molecular flexibility index (Phi) is 3.68. The van der Waals surface area contributed by atoms with Gasteiger partial charge in [0.15, 0.2) is 5.58 Å². The van der Waals surface area contributed by atoms with Gasteiger partial charge in [0.25, 0.3) is 0 Å². The molecule has 2 unspecified atom stereocenters. The van der Waals surface area contributed by atoms with Crippen LogP contribution >= 0.6 is 0 Å². The third kappa shape index (κ3) is 2.51. The molecule has 0 spiro atoms. The molecule has 0 saturated heterocycles. The summed E-state index contributed by atoms with van der Waals surface area (Å²) in [6, 6.07) is 3.87. The lowest BCUT2D eigenvalue weighted by Crippen LogP contribution is -2.44. The number of oxazole rings is 1. The Morgan fingerprint density at radius 1 is 1.37 bits per heavy atom. The van der Waals surface area contributed by atoms with Crippen LogP contribution < -0.4 is 16.4 Å². The van der Waals surface area contributed by atoms with Crippen molar-refractivity contribution in [2.45, 2.75) is 12.1 Å². The summed E-state index contributed by atoms with van der Waals surface area (Å²) in [6.45, 7) is 0. The normalized spacial score (nSPS) is 14.4. The summed E-state index contributed by atoms with van der Waals surface area (Å²) in [7, 11) is 3.26. The molecule has 0 saturated carbocycles. The second-order valence-corrected chi connectivity index (χ2v) is 4.14. The monoisotopic (exact) mass is 265 g/mol. The zero-order valence-corrected chi connectivity index (χ0v) is 10.6. The second-order valence-electron chi connectivity index (χ2n) is 4.14. The number of carboxylic acid groups (broad SMARTS) is 1. The lowest BCUT2D eigenvalue weighted by molar-refractivity contribution is -0.140. The van der Waals surface area contributed by atoms with Crippen LogP contribution in [0.25, 0.3) is 11.1 Å². The lowest BCUT2D eigenvalue weighted by atomic mass is 9.99. The summed E-state index contributed by atoms with van der Waals surface area (Å²) in [5.74, 6) is -1.49. The topological polar surface area (TPSA) is 107 Å². The van der Waals surface area contributed by atoms with Crippen LogP contribution in [-0.2, 0) is 4.79 Å². The maximum atomic E-state index is 11.2. The van der Waals surface area contributed by atoms with E-state index in [2.05, 4.69) is 15.6 Å². The molecule has 1 aromatic heterocycles. The van der Waals surface area contributed by atoms with Gasteiger partial charge in [0.05, 0.1) is 11.6 Å². The Hall–Kier alpha value is -2.12. The van der Waals surface area contributed by atoms with Crippen LogP contribution in [0.15, 0.2) is 27.4 Å². The Bertz CT molecular complexity index is 646. The standard InChI is InChI=1S/C12H15N3O4/c1-13-9(10(14-2)11(16)17)6-3-4-7-8(5-6)19-12(18)15-7/h3-5,9-10,13-14H,1-2H3,(H,15,18)(H,16,17). The highest BCUT2D eigenvalue weighted by Gasteiger charge is 2.27. The van der Waals surface area contributed by atoms with Gasteiger partial charge in [-0.2, -0.15) is 0 Å². The second kappa shape index (κ2) is 5.25. The number of benzene rings is 1. The number of carbonyl (C=O) groups is 1. The van der Waals surface area contributed by atoms with Gasteiger partial charge in [-0.25, -0.2) is 4.79 Å². The molecule has 0 aliphatic rings. The summed E-state index contributed by atoms with van der Waals surface area (Å²) in [5.41, 5.74) is 1.71. The first-order valence-electron chi connectivity index (χ1n) is 5.77. The van der Waals surface area contributed by atoms with Gasteiger partial charge in [-0.05, 0) is 31.8 Å². The van der Waals surface area contributed by atoms with Crippen LogP contribution in [0.1, 0.15) is 11.6 Å². The molecule has 1 heterocycles. The van der Waals surface area contributed by atoms with E-state index in [1.807, 2.05) is 0 Å². The number of hydrogen-bond donors (Lipinski definition) is 4. The average molecular weight is 265 g/mol. The fraction of sp³-hybridized carbons (Fsp3) is 0.333. The van der Waals surface area contributed by atoms with Gasteiger partial charge in [-0.15, -0.1) is 0 Å². The number of H-pyrrole nitrogens is 1. The highest BCUT2D eigenvalue weighted by atomic mass is 16.4. The van der Waals surface area contributed by atoms with E-state index in [1.54, 1.807) is 32.3 Å². The molecule has 0 bridgehead atoms. The van der Waals surface area contributed by atoms with Crippen molar-refractivity contribution < 1.29 is 14.3 Å². The molecule has 0 fully saturated rings. The molecule has 7 heteroatoms. The molecule has 0 radical (unpaired) electrons. The zero-order chi connectivity index (χ0) is 14.0. The minimum atomic E-state index is -0.961. The third-order valence-corrected chi connectivity index (χ3v) is 3.03. The number of rotatable bonds is 5. The van der Waals surface area contributed by atoms with E-state index in [1.165, 1.54) is 0 Å². The fourth-order valence-corrected chi connectivity index (χ4v) is 2.11. The van der Waals surface area contributed by atoms with Crippen LogP contribution in [-0.4, -0.2) is 36.2 Å². The van der Waals surface area contributed by atoms with Crippen molar-refractivity contribution in [2.24, 2.45) is 0 Å². The van der Waals surface area contributed by atoms with Crippen LogP contribution in [0.3, 0.4) is 0 Å². The summed E-state index contributed by atoms with van der Waals surface area (Å²) in [5, 5.41) is 14.9. The number of carboxylic acids is 1. The van der Waals surface area contributed by atoms with E-state index >= 15 is 0 Å². The summed E-state index contributed by atoms with van der Waals surface area (Å²) >= 11 is 0. The summed E-state index contributed by atoms with van der Waals surface area (Å²) in [6.07, 6.45) is 0. The maximum Gasteiger partial charge on any atom is 0.417 e. The Balaban J connectivity index is 2.44. The molecule has 0 aliphatic carbocycles. The van der Waals surface area contributed by atoms with Crippen molar-refractivity contribution in [3.05, 3.63) is 34.3 Å². The van der Waals surface area contributed by atoms with Crippen molar-refractivity contribution in [1.82, 2.24) is 15.6 Å². The number of likely N-dealkylation sites (N-methyl/N-ethyl adjacent to an activating group) is 2. The lowest BCUT2D eigenvalue weighted by Gasteiger charge is -2.23. The van der Waals surface area contributed by atoms with Crippen LogP contribution in [0.4, 0.5) is 0 Å². The maximum absolute atomic E-state index is 11.2. The molecular weight excluding hydrogens is 250 g/mol. The van der Waals surface area contributed by atoms with Crippen molar-refractivity contribution in [2.75, 3.05) is 14.1 Å². The number of aliphatic carboxylic acids is 1. The minimum absolute atomic E-state index is 0.406. The molecule has 102 valence electrons. The average Bonchev–Trinajstić information content (AvgIpc) is 2.74. The highest BCUT2D eigenvalue weighted by molar-refractivity contribution is 5.76. The van der Waals surface area contributed by atoms with E-state index in [-0.39, 0.29) is 0 Å². The molecule has 4 N–H and O–H groups in total. The largest absolute Gasteiger partial charge is 0.480 e. The number of aromatic nitrogens is 1. The highest BCUT2D eigenvalue weighted by Crippen LogP contribution is 2.21. The number of hydrogen-bond acceptors (Lipinski definition) is 5. The number of fused-ring (bicyclic) bond motifs is 1. The van der Waals surface area contributed by atoms with E-state index in [4.69, 9.17) is 4.42 Å². The molecule has 0 amide bonds. The van der Waals surface area contributed by atoms with Crippen molar-refractivity contribution in [3.63, 3.8) is 0 Å². The van der Waals surface area contributed by atoms with E-state index in [9.17, 15) is 14.7 Å². The molecule has 0 aliphatic heterocycles. The van der Waals surface area contributed by atoms with Crippen LogP contribution in [0.2, 0.25) is 0 Å². The van der Waals surface area contributed by atoms with Gasteiger partial charge in [0.1, 0.15) is 6.04 Å². The first kappa shape index (κ1) is 13.3. The quantitative estimate of drug-likeness (QED) is 0.608. The van der Waals surface area contributed by atoms with Gasteiger partial charge < -0.3 is 20.2 Å². The third-order valence-electron chi connectivity index (χ3n) is 3.03. The van der Waals surface area contributed by atoms with Crippen molar-refractivity contribution in [1.29, 1.82) is 0 Å². The Morgan fingerprint density at radius 2 is 2.11 bits per heavy atom. The molecule has 2 atom stereocenters. The van der Waals surface area contributed by atoms with Crippen molar-refractivity contribution >= 4 is 17.1 Å². The predicted octanol–water partition coefficient (Wildman–Crippen LogP) is 0.0542. The van der Waals surface area contributed by atoms with Gasteiger partial charge in [-0.1, -0.05) is 6.07 Å². The molecule has 2 rings (SSSR count). The van der Waals surface area contributed by atoms with E-state index in [0.29, 0.717) is 11.1 Å². The number of nitrogens with one attached hydrogen (secondary N) is 3. The molecular formula is C12H15N3O4. The van der Waals surface area contributed by atoms with Crippen molar-refractivity contribution in [3.8, 4) is 0 Å². The first-order valence-corrected chi connectivity index (χ1v) is 5.77. The molecule has 1 aromatic carbocycles. The molecule has 2 aromatic rings.